The zero-order valence-corrected chi connectivity index (χ0v) is 20.6. The highest BCUT2D eigenvalue weighted by Crippen LogP contribution is 2.13. The lowest BCUT2D eigenvalue weighted by Gasteiger charge is -2.03. The molecule has 0 aromatic rings. The van der Waals surface area contributed by atoms with Gasteiger partial charge in [0.05, 0.1) is 7.11 Å². The molecule has 0 aliphatic heterocycles. The van der Waals surface area contributed by atoms with E-state index in [2.05, 4.69) is 24.8 Å². The van der Waals surface area contributed by atoms with Gasteiger partial charge in [-0.2, -0.15) is 11.8 Å². The van der Waals surface area contributed by atoms with Gasteiger partial charge in [0.2, 0.25) is 0 Å². The fraction of sp³-hybridized carbons (Fsp3) is 0.958. The summed E-state index contributed by atoms with van der Waals surface area (Å²) in [6.45, 7) is 4.42. The van der Waals surface area contributed by atoms with E-state index in [-0.39, 0.29) is 5.97 Å². The second-order valence-corrected chi connectivity index (χ2v) is 8.01. The van der Waals surface area contributed by atoms with Crippen LogP contribution >= 0.6 is 11.8 Å². The third-order valence-electron chi connectivity index (χ3n) is 4.50. The summed E-state index contributed by atoms with van der Waals surface area (Å²) in [7, 11) is 3.97. The van der Waals surface area contributed by atoms with Crippen molar-refractivity contribution in [3.63, 3.8) is 0 Å². The minimum Gasteiger partial charge on any atom is -0.469 e. The predicted octanol–water partition coefficient (Wildman–Crippen LogP) is 9.06. The Morgan fingerprint density at radius 1 is 0.741 bits per heavy atom. The summed E-state index contributed by atoms with van der Waals surface area (Å²) in [6.07, 6.45) is 23.0. The minimum atomic E-state index is -0.0651. The van der Waals surface area contributed by atoms with E-state index < -0.39 is 0 Å². The molecule has 0 saturated heterocycles. The van der Waals surface area contributed by atoms with E-state index >= 15 is 0 Å². The van der Waals surface area contributed by atoms with Gasteiger partial charge in [-0.3, -0.25) is 4.79 Å². The molecule has 0 heterocycles. The van der Waals surface area contributed by atoms with Crippen LogP contribution in [0, 0.1) is 0 Å². The molecule has 27 heavy (non-hydrogen) atoms. The van der Waals surface area contributed by atoms with Gasteiger partial charge in [0.15, 0.2) is 0 Å². The molecule has 0 aliphatic rings. The molecule has 3 heteroatoms. The van der Waals surface area contributed by atoms with Crippen LogP contribution in [0.25, 0.3) is 0 Å². The molecule has 168 valence electrons. The molecule has 0 amide bonds. The number of esters is 1. The molecule has 0 unspecified atom stereocenters. The van der Waals surface area contributed by atoms with Gasteiger partial charge in [-0.25, -0.2) is 0 Å². The van der Waals surface area contributed by atoms with E-state index in [1.54, 1.807) is 0 Å². The van der Waals surface area contributed by atoms with Crippen LogP contribution in [0.1, 0.15) is 134 Å². The third kappa shape index (κ3) is 37.3. The summed E-state index contributed by atoms with van der Waals surface area (Å²) in [4.78, 5) is 10.9. The van der Waals surface area contributed by atoms with E-state index in [0.717, 1.165) is 6.42 Å². The average Bonchev–Trinajstić information content (AvgIpc) is 2.79. The van der Waals surface area contributed by atoms with Crippen molar-refractivity contribution >= 4 is 17.7 Å². The van der Waals surface area contributed by atoms with Gasteiger partial charge in [-0.1, -0.05) is 119 Å². The van der Waals surface area contributed by atoms with Crippen LogP contribution in [-0.2, 0) is 9.53 Å². The number of unbranched alkanes of at least 4 members (excludes halogenated alkanes) is 14. The first kappa shape index (κ1) is 29.0. The molecular weight excluding hydrogens is 352 g/mol. The lowest BCUT2D eigenvalue weighted by Crippen LogP contribution is -1.99. The van der Waals surface area contributed by atoms with E-state index in [1.165, 1.54) is 118 Å². The standard InChI is InChI=1S/C19H38O2.C3H8S.2CH4/c1-3-4-5-6-7-8-9-10-11-12-13-14-15-16-17-18-19(20)21-2;1-3-4-2;;/h3-18H2,1-2H3;3H2,1-2H3;2*1H4/i;;2*1D. The summed E-state index contributed by atoms with van der Waals surface area (Å²) in [5, 5.41) is 0. The van der Waals surface area contributed by atoms with Crippen molar-refractivity contribution in [2.24, 2.45) is 0 Å². The lowest BCUT2D eigenvalue weighted by molar-refractivity contribution is -0.140. The zero-order valence-electron chi connectivity index (χ0n) is 21.7. The van der Waals surface area contributed by atoms with Gasteiger partial charge in [0, 0.05) is 9.16 Å². The van der Waals surface area contributed by atoms with E-state index in [1.807, 2.05) is 11.8 Å². The zero-order chi connectivity index (χ0) is 23.0. The smallest absolute Gasteiger partial charge is 0.305 e. The lowest BCUT2D eigenvalue weighted by atomic mass is 10.0. The summed E-state index contributed by atoms with van der Waals surface area (Å²) < 4.78 is 16.1. The monoisotopic (exact) mass is 408 g/mol. The summed E-state index contributed by atoms with van der Waals surface area (Å²) in [5.74, 6) is 1.17. The average molecular weight is 409 g/mol. The van der Waals surface area contributed by atoms with E-state index in [9.17, 15) is 4.79 Å². The quantitative estimate of drug-likeness (QED) is 0.177. The van der Waals surface area contributed by atoms with Crippen molar-refractivity contribution in [3.8, 4) is 0 Å². The van der Waals surface area contributed by atoms with Gasteiger partial charge < -0.3 is 4.74 Å². The number of hydrogen-bond donors (Lipinski definition) is 0. The van der Waals surface area contributed by atoms with E-state index in [0.29, 0.717) is 6.42 Å². The molecule has 0 rings (SSSR count). The molecule has 0 fully saturated rings. The van der Waals surface area contributed by atoms with Gasteiger partial charge in [0.1, 0.15) is 0 Å². The van der Waals surface area contributed by atoms with Gasteiger partial charge in [-0.05, 0) is 18.4 Å². The highest BCUT2D eigenvalue weighted by atomic mass is 32.2. The normalized spacial score (nSPS) is 10.0. The van der Waals surface area contributed by atoms with E-state index in [4.69, 9.17) is 2.74 Å². The van der Waals surface area contributed by atoms with Crippen molar-refractivity contribution in [1.29, 1.82) is 0 Å². The molecule has 0 spiro atoms. The summed E-state index contributed by atoms with van der Waals surface area (Å²) in [6, 6.07) is 0. The summed E-state index contributed by atoms with van der Waals surface area (Å²) in [5.41, 5.74) is 0. The van der Waals surface area contributed by atoms with Crippen LogP contribution in [0.15, 0.2) is 0 Å². The van der Waals surface area contributed by atoms with Gasteiger partial charge >= 0.3 is 5.97 Å². The molecule has 0 radical (unpaired) electrons. The number of rotatable bonds is 17. The number of thioether (sulfide) groups is 1. The Labute approximate surface area is 180 Å². The number of carbonyl (C=O) groups is 1. The first-order valence-electron chi connectivity index (χ1n) is 12.8. The Kier molecular flexibility index (Phi) is 35.9. The van der Waals surface area contributed by atoms with Crippen molar-refractivity contribution < 1.29 is 12.3 Å². The highest BCUT2D eigenvalue weighted by Gasteiger charge is 1.99. The molecular formula is C24H54O2S. The van der Waals surface area contributed by atoms with Crippen molar-refractivity contribution in [1.82, 2.24) is 0 Å². The maximum Gasteiger partial charge on any atom is 0.305 e. The number of methoxy groups -OCH3 is 1. The predicted molar refractivity (Wildman–Crippen MR) is 129 cm³/mol. The number of carbonyl (C=O) groups excluding carboxylic acids is 1. The molecule has 0 N–H and O–H groups in total. The van der Waals surface area contributed by atoms with Crippen LogP contribution in [-0.4, -0.2) is 25.1 Å². The number of ether oxygens (including phenoxy) is 1. The molecule has 0 aromatic carbocycles. The summed E-state index contributed by atoms with van der Waals surface area (Å²) >= 11 is 1.86. The molecule has 0 saturated carbocycles. The maximum absolute atomic E-state index is 10.9. The van der Waals surface area contributed by atoms with Gasteiger partial charge in [-0.15, -0.1) is 0 Å². The van der Waals surface area contributed by atoms with Crippen LogP contribution < -0.4 is 0 Å². The molecule has 2 nitrogen and oxygen atoms in total. The molecule has 0 atom stereocenters. The SMILES string of the molecule is CCCCCCCCCCCCCCCCCC(=O)OC.CCSC.[2H]C.[2H]C. The molecule has 0 aliphatic carbocycles. The molecule has 0 bridgehead atoms. The molecule has 0 aromatic heterocycles. The van der Waals surface area contributed by atoms with Crippen molar-refractivity contribution in [2.45, 2.75) is 131 Å². The van der Waals surface area contributed by atoms with Crippen LogP contribution in [0.5, 0.6) is 0 Å². The maximum atomic E-state index is 10.9. The van der Waals surface area contributed by atoms with Crippen molar-refractivity contribution in [2.75, 3.05) is 19.1 Å². The van der Waals surface area contributed by atoms with Crippen LogP contribution in [0.3, 0.4) is 0 Å². The topological polar surface area (TPSA) is 26.3 Å². The second-order valence-electron chi connectivity index (χ2n) is 6.85. The minimum absolute atomic E-state index is 0.0651. The first-order chi connectivity index (χ1) is 14.2. The Morgan fingerprint density at radius 2 is 1.04 bits per heavy atom. The fourth-order valence-corrected chi connectivity index (χ4v) is 2.74. The fourth-order valence-electron chi connectivity index (χ4n) is 2.74. The first-order valence-corrected chi connectivity index (χ1v) is 12.2. The second kappa shape index (κ2) is 33.4. The highest BCUT2D eigenvalue weighted by molar-refractivity contribution is 7.98. The van der Waals surface area contributed by atoms with Crippen molar-refractivity contribution in [3.05, 3.63) is 0 Å². The van der Waals surface area contributed by atoms with Crippen LogP contribution in [0.2, 0.25) is 0 Å². The largest absolute Gasteiger partial charge is 0.469 e. The number of hydrogen-bond acceptors (Lipinski definition) is 3. The Morgan fingerprint density at radius 3 is 1.30 bits per heavy atom. The Balaban J connectivity index is -0.000000337. The van der Waals surface area contributed by atoms with Crippen LogP contribution in [0.4, 0.5) is 0 Å². The third-order valence-corrected chi connectivity index (χ3v) is 5.08. The Hall–Kier alpha value is -0.180. The van der Waals surface area contributed by atoms with Gasteiger partial charge in [0.25, 0.3) is 0 Å². The Bertz CT molecular complexity index is 253.